The molecule has 1 aromatic carbocycles. The molecule has 0 aliphatic carbocycles. The number of hydrogen-bond acceptors (Lipinski definition) is 2. The second kappa shape index (κ2) is 4.07. The zero-order valence-corrected chi connectivity index (χ0v) is 8.58. The molecule has 4 heteroatoms. The average Bonchev–Trinajstić information content (AvgIpc) is 2.12. The van der Waals surface area contributed by atoms with Crippen molar-refractivity contribution in [3.63, 3.8) is 0 Å². The zero-order valence-electron chi connectivity index (χ0n) is 7.01. The van der Waals surface area contributed by atoms with E-state index in [-0.39, 0.29) is 12.4 Å². The second-order valence-electron chi connectivity index (χ2n) is 2.95. The topological polar surface area (TPSA) is 32.3 Å². The normalized spacial score (nSPS) is 13.9. The minimum atomic E-state index is 0. The highest BCUT2D eigenvalue weighted by Gasteiger charge is 2.14. The number of nitrogens with one attached hydrogen (secondary N) is 1. The van der Waals surface area contributed by atoms with Gasteiger partial charge in [-0.3, -0.25) is 0 Å². The number of phenols is 1. The smallest absolute Gasteiger partial charge is 0.139 e. The van der Waals surface area contributed by atoms with Crippen molar-refractivity contribution in [2.24, 2.45) is 0 Å². The summed E-state index contributed by atoms with van der Waals surface area (Å²) in [5, 5.41) is 13.3. The van der Waals surface area contributed by atoms with E-state index in [0.717, 1.165) is 35.7 Å². The van der Waals surface area contributed by atoms with Gasteiger partial charge in [0.15, 0.2) is 0 Å². The molecule has 0 bridgehead atoms. The van der Waals surface area contributed by atoms with Crippen LogP contribution < -0.4 is 5.32 Å². The lowest BCUT2D eigenvalue weighted by Crippen LogP contribution is -2.11. The predicted molar refractivity (Wildman–Crippen MR) is 57.2 cm³/mol. The fourth-order valence-corrected chi connectivity index (χ4v) is 1.78. The van der Waals surface area contributed by atoms with Gasteiger partial charge in [-0.25, -0.2) is 0 Å². The molecule has 1 aliphatic heterocycles. The van der Waals surface area contributed by atoms with Crippen molar-refractivity contribution >= 4 is 29.7 Å². The Bertz CT molecular complexity index is 284. The molecule has 0 saturated heterocycles. The van der Waals surface area contributed by atoms with E-state index in [4.69, 9.17) is 11.6 Å². The molecule has 0 fully saturated rings. The van der Waals surface area contributed by atoms with Crippen LogP contribution >= 0.6 is 24.0 Å². The van der Waals surface area contributed by atoms with Gasteiger partial charge >= 0.3 is 0 Å². The van der Waals surface area contributed by atoms with Crippen molar-refractivity contribution in [1.29, 1.82) is 0 Å². The van der Waals surface area contributed by atoms with Gasteiger partial charge in [0, 0.05) is 11.6 Å². The van der Waals surface area contributed by atoms with E-state index < -0.39 is 0 Å². The van der Waals surface area contributed by atoms with Gasteiger partial charge in [-0.2, -0.15) is 0 Å². The first-order chi connectivity index (χ1) is 5.79. The summed E-state index contributed by atoms with van der Waals surface area (Å²) >= 11 is 5.96. The van der Waals surface area contributed by atoms with Crippen LogP contribution in [0.15, 0.2) is 12.1 Å². The van der Waals surface area contributed by atoms with E-state index in [2.05, 4.69) is 5.32 Å². The minimum Gasteiger partial charge on any atom is -0.506 e. The maximum Gasteiger partial charge on any atom is 0.139 e. The van der Waals surface area contributed by atoms with Crippen molar-refractivity contribution < 1.29 is 5.11 Å². The fraction of sp³-hybridized carbons (Fsp3) is 0.333. The third-order valence-electron chi connectivity index (χ3n) is 2.14. The summed E-state index contributed by atoms with van der Waals surface area (Å²) in [6, 6.07) is 3.36. The number of fused-ring (bicyclic) bond motifs is 1. The highest BCUT2D eigenvalue weighted by Crippen LogP contribution is 2.35. The van der Waals surface area contributed by atoms with Gasteiger partial charge in [-0.05, 0) is 30.5 Å². The van der Waals surface area contributed by atoms with Gasteiger partial charge < -0.3 is 10.4 Å². The van der Waals surface area contributed by atoms with Gasteiger partial charge in [0.2, 0.25) is 0 Å². The van der Waals surface area contributed by atoms with Gasteiger partial charge in [0.05, 0.1) is 5.69 Å². The highest BCUT2D eigenvalue weighted by atomic mass is 35.5. The number of hydrogen-bond donors (Lipinski definition) is 2. The molecule has 0 radical (unpaired) electrons. The van der Waals surface area contributed by atoms with E-state index in [1.165, 1.54) is 0 Å². The average molecular weight is 220 g/mol. The second-order valence-corrected chi connectivity index (χ2v) is 3.36. The van der Waals surface area contributed by atoms with Gasteiger partial charge in [0.25, 0.3) is 0 Å². The van der Waals surface area contributed by atoms with Crippen molar-refractivity contribution in [3.8, 4) is 5.75 Å². The third kappa shape index (κ3) is 1.84. The molecule has 72 valence electrons. The Morgan fingerprint density at radius 1 is 1.38 bits per heavy atom. The van der Waals surface area contributed by atoms with Crippen LogP contribution in [-0.2, 0) is 6.42 Å². The maximum atomic E-state index is 9.46. The standard InChI is InChI=1S/C9H10ClNO.ClH/c10-7-3-4-8(12)9-6(7)2-1-5-11-9;/h3-4,11-12H,1-2,5H2;1H. The summed E-state index contributed by atoms with van der Waals surface area (Å²) < 4.78 is 0. The molecule has 0 saturated carbocycles. The van der Waals surface area contributed by atoms with Crippen LogP contribution in [0.2, 0.25) is 5.02 Å². The van der Waals surface area contributed by atoms with E-state index in [1.807, 2.05) is 0 Å². The van der Waals surface area contributed by atoms with Gasteiger partial charge in [-0.1, -0.05) is 11.6 Å². The summed E-state index contributed by atoms with van der Waals surface area (Å²) in [7, 11) is 0. The van der Waals surface area contributed by atoms with E-state index in [9.17, 15) is 5.11 Å². The lowest BCUT2D eigenvalue weighted by atomic mass is 10.0. The van der Waals surface area contributed by atoms with E-state index in [1.54, 1.807) is 12.1 Å². The SMILES string of the molecule is Cl.Oc1ccc(Cl)c2c1NCCC2. The first-order valence-electron chi connectivity index (χ1n) is 4.03. The van der Waals surface area contributed by atoms with Crippen molar-refractivity contribution in [1.82, 2.24) is 0 Å². The van der Waals surface area contributed by atoms with Crippen LogP contribution in [0.1, 0.15) is 12.0 Å². The molecule has 2 nitrogen and oxygen atoms in total. The number of aromatic hydroxyl groups is 1. The van der Waals surface area contributed by atoms with Gasteiger partial charge in [-0.15, -0.1) is 12.4 Å². The summed E-state index contributed by atoms with van der Waals surface area (Å²) in [6.07, 6.45) is 2.03. The Morgan fingerprint density at radius 2 is 2.15 bits per heavy atom. The summed E-state index contributed by atoms with van der Waals surface area (Å²) in [4.78, 5) is 0. The predicted octanol–water partition coefficient (Wildman–Crippen LogP) is 2.83. The molecule has 13 heavy (non-hydrogen) atoms. The monoisotopic (exact) mass is 219 g/mol. The van der Waals surface area contributed by atoms with Crippen LogP contribution in [0.25, 0.3) is 0 Å². The third-order valence-corrected chi connectivity index (χ3v) is 2.49. The van der Waals surface area contributed by atoms with Crippen LogP contribution in [0.4, 0.5) is 5.69 Å². The Hall–Kier alpha value is -0.600. The lowest BCUT2D eigenvalue weighted by Gasteiger charge is -2.19. The van der Waals surface area contributed by atoms with E-state index >= 15 is 0 Å². The quantitative estimate of drug-likeness (QED) is 0.659. The molecule has 0 atom stereocenters. The largest absolute Gasteiger partial charge is 0.506 e. The molecule has 1 aliphatic rings. The Labute approximate surface area is 88.3 Å². The first-order valence-corrected chi connectivity index (χ1v) is 4.41. The molecule has 1 aromatic rings. The van der Waals surface area contributed by atoms with Crippen LogP contribution in [0, 0.1) is 0 Å². The Balaban J connectivity index is 0.000000845. The molecule has 0 unspecified atom stereocenters. The number of anilines is 1. The van der Waals surface area contributed by atoms with Crippen LogP contribution in [0.5, 0.6) is 5.75 Å². The molecule has 0 spiro atoms. The first kappa shape index (κ1) is 10.5. The molecule has 0 aromatic heterocycles. The number of phenolic OH excluding ortho intramolecular Hbond substituents is 1. The van der Waals surface area contributed by atoms with Crippen LogP contribution in [0.3, 0.4) is 0 Å². The number of halogens is 2. The molecule has 0 amide bonds. The molecule has 2 N–H and O–H groups in total. The van der Waals surface area contributed by atoms with Crippen molar-refractivity contribution in [2.75, 3.05) is 11.9 Å². The Morgan fingerprint density at radius 3 is 2.85 bits per heavy atom. The molecule has 2 rings (SSSR count). The highest BCUT2D eigenvalue weighted by molar-refractivity contribution is 6.31. The lowest BCUT2D eigenvalue weighted by molar-refractivity contribution is 0.475. The van der Waals surface area contributed by atoms with Crippen LogP contribution in [-0.4, -0.2) is 11.7 Å². The zero-order chi connectivity index (χ0) is 8.55. The molecular formula is C9H11Cl2NO. The summed E-state index contributed by atoms with van der Waals surface area (Å²) in [5.74, 6) is 0.300. The maximum absolute atomic E-state index is 9.46. The number of rotatable bonds is 0. The fourth-order valence-electron chi connectivity index (χ4n) is 1.53. The molecular weight excluding hydrogens is 209 g/mol. The summed E-state index contributed by atoms with van der Waals surface area (Å²) in [5.41, 5.74) is 1.86. The summed E-state index contributed by atoms with van der Waals surface area (Å²) in [6.45, 7) is 0.918. The van der Waals surface area contributed by atoms with E-state index in [0.29, 0.717) is 5.75 Å². The minimum absolute atomic E-state index is 0. The molecule has 1 heterocycles. The Kier molecular flexibility index (Phi) is 3.28. The van der Waals surface area contributed by atoms with Crippen molar-refractivity contribution in [3.05, 3.63) is 22.7 Å². The van der Waals surface area contributed by atoms with Crippen molar-refractivity contribution in [2.45, 2.75) is 12.8 Å². The van der Waals surface area contributed by atoms with Gasteiger partial charge in [0.1, 0.15) is 5.75 Å². The number of benzene rings is 1.